The van der Waals surface area contributed by atoms with Crippen LogP contribution in [0.5, 0.6) is 11.5 Å². The molecule has 2 aromatic carbocycles. The van der Waals surface area contributed by atoms with E-state index >= 15 is 0 Å². The lowest BCUT2D eigenvalue weighted by atomic mass is 10.2. The normalized spacial score (nSPS) is 10.4. The topological polar surface area (TPSA) is 42.5 Å². The van der Waals surface area contributed by atoms with Gasteiger partial charge in [0, 0.05) is 24.5 Å². The molecule has 2 N–H and O–H groups in total. The van der Waals surface area contributed by atoms with Crippen LogP contribution in [0.25, 0.3) is 0 Å². The van der Waals surface area contributed by atoms with Gasteiger partial charge >= 0.3 is 0 Å². The first-order valence-electron chi connectivity index (χ1n) is 9.66. The molecule has 26 heavy (non-hydrogen) atoms. The Morgan fingerprint density at radius 1 is 0.692 bits per heavy atom. The van der Waals surface area contributed by atoms with E-state index in [1.807, 2.05) is 36.4 Å². The molecule has 0 aliphatic carbocycles. The quantitative estimate of drug-likeness (QED) is 0.461. The average molecular weight is 357 g/mol. The molecule has 4 heteroatoms. The summed E-state index contributed by atoms with van der Waals surface area (Å²) in [6.45, 7) is 4.75. The van der Waals surface area contributed by atoms with Gasteiger partial charge in [0.1, 0.15) is 11.5 Å². The maximum atomic E-state index is 5.79. The van der Waals surface area contributed by atoms with Gasteiger partial charge in [0.2, 0.25) is 0 Å². The molecule has 2 aromatic rings. The number of benzene rings is 2. The smallest absolute Gasteiger partial charge is 0.119 e. The Morgan fingerprint density at radius 3 is 1.77 bits per heavy atom. The zero-order chi connectivity index (χ0) is 18.5. The summed E-state index contributed by atoms with van der Waals surface area (Å²) in [5, 5.41) is 6.80. The number of methoxy groups -OCH3 is 1. The Kier molecular flexibility index (Phi) is 9.26. The van der Waals surface area contributed by atoms with Gasteiger partial charge in [0.05, 0.1) is 13.7 Å². The van der Waals surface area contributed by atoms with Crippen molar-refractivity contribution in [1.29, 1.82) is 0 Å². The first-order valence-corrected chi connectivity index (χ1v) is 9.66. The van der Waals surface area contributed by atoms with E-state index in [2.05, 4.69) is 29.7 Å². The standard InChI is InChI=1S/C22H32N2O2/c1-3-4-5-6-7-18-26-22-14-10-20(11-15-22)24-17-16-23-19-8-12-21(25-2)13-9-19/h8-15,23-24H,3-7,16-18H2,1-2H3. The molecule has 0 saturated carbocycles. The fraction of sp³-hybridized carbons (Fsp3) is 0.455. The maximum Gasteiger partial charge on any atom is 0.119 e. The van der Waals surface area contributed by atoms with Crippen molar-refractivity contribution in [2.75, 3.05) is 37.4 Å². The number of anilines is 2. The summed E-state index contributed by atoms with van der Waals surface area (Å²) in [4.78, 5) is 0. The van der Waals surface area contributed by atoms with Gasteiger partial charge in [-0.2, -0.15) is 0 Å². The fourth-order valence-corrected chi connectivity index (χ4v) is 2.69. The van der Waals surface area contributed by atoms with Crippen molar-refractivity contribution in [2.45, 2.75) is 39.0 Å². The Balaban J connectivity index is 1.59. The van der Waals surface area contributed by atoms with Crippen LogP contribution in [-0.4, -0.2) is 26.8 Å². The second-order valence-electron chi connectivity index (χ2n) is 6.37. The molecule has 0 atom stereocenters. The molecule has 142 valence electrons. The summed E-state index contributed by atoms with van der Waals surface area (Å²) in [6, 6.07) is 16.2. The summed E-state index contributed by atoms with van der Waals surface area (Å²) >= 11 is 0. The summed E-state index contributed by atoms with van der Waals surface area (Å²) in [5.41, 5.74) is 2.20. The van der Waals surface area contributed by atoms with E-state index in [-0.39, 0.29) is 0 Å². The first kappa shape index (κ1) is 20.0. The highest BCUT2D eigenvalue weighted by atomic mass is 16.5. The molecule has 0 spiro atoms. The molecule has 0 aliphatic rings. The lowest BCUT2D eigenvalue weighted by Crippen LogP contribution is -2.13. The lowest BCUT2D eigenvalue weighted by Gasteiger charge is -2.10. The summed E-state index contributed by atoms with van der Waals surface area (Å²) in [6.07, 6.45) is 6.32. The maximum absolute atomic E-state index is 5.79. The van der Waals surface area contributed by atoms with E-state index in [9.17, 15) is 0 Å². The van der Waals surface area contributed by atoms with Gasteiger partial charge in [-0.3, -0.25) is 0 Å². The second-order valence-corrected chi connectivity index (χ2v) is 6.37. The van der Waals surface area contributed by atoms with E-state index in [1.165, 1.54) is 25.7 Å². The Labute approximate surface area is 157 Å². The molecule has 0 aromatic heterocycles. The van der Waals surface area contributed by atoms with Crippen LogP contribution in [-0.2, 0) is 0 Å². The third kappa shape index (κ3) is 7.68. The van der Waals surface area contributed by atoms with E-state index in [1.54, 1.807) is 7.11 Å². The van der Waals surface area contributed by atoms with Crippen molar-refractivity contribution in [1.82, 2.24) is 0 Å². The van der Waals surface area contributed by atoms with E-state index in [0.29, 0.717) is 0 Å². The van der Waals surface area contributed by atoms with Crippen LogP contribution in [0.1, 0.15) is 39.0 Å². The van der Waals surface area contributed by atoms with E-state index in [0.717, 1.165) is 49.0 Å². The minimum Gasteiger partial charge on any atom is -0.497 e. The highest BCUT2D eigenvalue weighted by Gasteiger charge is 1.97. The fourth-order valence-electron chi connectivity index (χ4n) is 2.69. The van der Waals surface area contributed by atoms with Gasteiger partial charge in [-0.1, -0.05) is 32.6 Å². The average Bonchev–Trinajstić information content (AvgIpc) is 2.69. The van der Waals surface area contributed by atoms with Crippen LogP contribution in [0, 0.1) is 0 Å². The van der Waals surface area contributed by atoms with E-state index < -0.39 is 0 Å². The Hall–Kier alpha value is -2.36. The molecule has 0 fully saturated rings. The third-order valence-corrected chi connectivity index (χ3v) is 4.24. The second kappa shape index (κ2) is 12.1. The SMILES string of the molecule is CCCCCCCOc1ccc(NCCNc2ccc(OC)cc2)cc1. The highest BCUT2D eigenvalue weighted by Crippen LogP contribution is 2.17. The molecular formula is C22H32N2O2. The number of nitrogens with one attached hydrogen (secondary N) is 2. The molecular weight excluding hydrogens is 324 g/mol. The van der Waals surface area contributed by atoms with Crippen molar-refractivity contribution >= 4 is 11.4 Å². The van der Waals surface area contributed by atoms with Crippen LogP contribution >= 0.6 is 0 Å². The molecule has 0 saturated heterocycles. The van der Waals surface area contributed by atoms with Crippen molar-refractivity contribution in [3.63, 3.8) is 0 Å². The number of hydrogen-bond acceptors (Lipinski definition) is 4. The van der Waals surface area contributed by atoms with Crippen LogP contribution in [0.3, 0.4) is 0 Å². The Morgan fingerprint density at radius 2 is 1.23 bits per heavy atom. The van der Waals surface area contributed by atoms with Crippen molar-refractivity contribution in [3.05, 3.63) is 48.5 Å². The van der Waals surface area contributed by atoms with Gasteiger partial charge in [-0.25, -0.2) is 0 Å². The molecule has 0 aliphatic heterocycles. The van der Waals surface area contributed by atoms with Crippen molar-refractivity contribution in [3.8, 4) is 11.5 Å². The summed E-state index contributed by atoms with van der Waals surface area (Å²) in [7, 11) is 1.68. The van der Waals surface area contributed by atoms with Crippen LogP contribution in [0.2, 0.25) is 0 Å². The van der Waals surface area contributed by atoms with Crippen LogP contribution < -0.4 is 20.1 Å². The van der Waals surface area contributed by atoms with E-state index in [4.69, 9.17) is 9.47 Å². The number of unbranched alkanes of at least 4 members (excludes halogenated alkanes) is 4. The lowest BCUT2D eigenvalue weighted by molar-refractivity contribution is 0.304. The number of hydrogen-bond donors (Lipinski definition) is 2. The predicted octanol–water partition coefficient (Wildman–Crippen LogP) is 5.57. The zero-order valence-electron chi connectivity index (χ0n) is 16.1. The third-order valence-electron chi connectivity index (χ3n) is 4.24. The van der Waals surface area contributed by atoms with Gasteiger partial charge < -0.3 is 20.1 Å². The molecule has 4 nitrogen and oxygen atoms in total. The number of ether oxygens (including phenoxy) is 2. The minimum absolute atomic E-state index is 0.808. The number of rotatable bonds is 13. The molecule has 0 amide bonds. The molecule has 0 bridgehead atoms. The molecule has 2 rings (SSSR count). The highest BCUT2D eigenvalue weighted by molar-refractivity contribution is 5.48. The minimum atomic E-state index is 0.808. The van der Waals surface area contributed by atoms with Gasteiger partial charge in [0.25, 0.3) is 0 Å². The largest absolute Gasteiger partial charge is 0.497 e. The molecule has 0 radical (unpaired) electrons. The van der Waals surface area contributed by atoms with Crippen LogP contribution in [0.4, 0.5) is 11.4 Å². The predicted molar refractivity (Wildman–Crippen MR) is 111 cm³/mol. The van der Waals surface area contributed by atoms with Crippen molar-refractivity contribution < 1.29 is 9.47 Å². The monoisotopic (exact) mass is 356 g/mol. The van der Waals surface area contributed by atoms with Gasteiger partial charge in [-0.15, -0.1) is 0 Å². The zero-order valence-corrected chi connectivity index (χ0v) is 16.1. The first-order chi connectivity index (χ1) is 12.8. The molecule has 0 heterocycles. The molecule has 0 unspecified atom stereocenters. The van der Waals surface area contributed by atoms with Gasteiger partial charge in [-0.05, 0) is 55.0 Å². The Bertz CT molecular complexity index is 597. The van der Waals surface area contributed by atoms with Gasteiger partial charge in [0.15, 0.2) is 0 Å². The summed E-state index contributed by atoms with van der Waals surface area (Å²) < 4.78 is 11.0. The summed E-state index contributed by atoms with van der Waals surface area (Å²) in [5.74, 6) is 1.82. The van der Waals surface area contributed by atoms with Crippen molar-refractivity contribution in [2.24, 2.45) is 0 Å². The van der Waals surface area contributed by atoms with Crippen LogP contribution in [0.15, 0.2) is 48.5 Å².